The fourth-order valence-electron chi connectivity index (χ4n) is 3.68. The molecule has 2 aromatic rings. The molecule has 1 aliphatic rings. The first-order chi connectivity index (χ1) is 11.1. The second kappa shape index (κ2) is 7.16. The van der Waals surface area contributed by atoms with Gasteiger partial charge in [0.25, 0.3) is 0 Å². The zero-order chi connectivity index (χ0) is 16.3. The molecule has 0 atom stereocenters. The second-order valence-electron chi connectivity index (χ2n) is 6.69. The summed E-state index contributed by atoms with van der Waals surface area (Å²) in [6, 6.07) is 19.7. The minimum atomic E-state index is 0.161. The third-order valence-electron chi connectivity index (χ3n) is 5.17. The molecule has 2 nitrogen and oxygen atoms in total. The molecule has 122 valence electrons. The summed E-state index contributed by atoms with van der Waals surface area (Å²) in [5.41, 5.74) is 3.01. The smallest absolute Gasteiger partial charge is 0.0479 e. The molecule has 0 spiro atoms. The molecule has 3 rings (SSSR count). The molecule has 0 amide bonds. The fourth-order valence-corrected chi connectivity index (χ4v) is 3.94. The molecule has 0 aliphatic carbocycles. The number of rotatable bonds is 4. The third-order valence-corrected chi connectivity index (χ3v) is 5.70. The van der Waals surface area contributed by atoms with E-state index in [9.17, 15) is 0 Å². The summed E-state index contributed by atoms with van der Waals surface area (Å²) in [5.74, 6) is 0. The van der Waals surface area contributed by atoms with Crippen molar-refractivity contribution in [1.29, 1.82) is 0 Å². The summed E-state index contributed by atoms with van der Waals surface area (Å²) in [6.45, 7) is 3.34. The fraction of sp³-hybridized carbons (Fsp3) is 0.400. The minimum absolute atomic E-state index is 0.161. The maximum atomic E-state index is 3.55. The monoisotopic (exact) mass is 372 g/mol. The van der Waals surface area contributed by atoms with Gasteiger partial charge in [0.15, 0.2) is 0 Å². The van der Waals surface area contributed by atoms with Gasteiger partial charge in [0.2, 0.25) is 0 Å². The second-order valence-corrected chi connectivity index (χ2v) is 7.61. The summed E-state index contributed by atoms with van der Waals surface area (Å²) in [7, 11) is 4.43. The molecule has 0 unspecified atom stereocenters. The van der Waals surface area contributed by atoms with Crippen molar-refractivity contribution in [2.75, 3.05) is 27.2 Å². The van der Waals surface area contributed by atoms with Gasteiger partial charge in [-0.15, -0.1) is 0 Å². The van der Waals surface area contributed by atoms with Crippen LogP contribution in [0.25, 0.3) is 0 Å². The van der Waals surface area contributed by atoms with E-state index in [4.69, 9.17) is 0 Å². The highest BCUT2D eigenvalue weighted by Crippen LogP contribution is 2.38. The Kier molecular flexibility index (Phi) is 5.20. The molecule has 0 bridgehead atoms. The van der Waals surface area contributed by atoms with E-state index in [1.54, 1.807) is 0 Å². The van der Waals surface area contributed by atoms with Crippen LogP contribution in [0.5, 0.6) is 0 Å². The van der Waals surface area contributed by atoms with E-state index in [-0.39, 0.29) is 5.54 Å². The SMILES string of the molecule is CN(C)C1(c2ccc(Br)cc2)CCN(Cc2ccccc2)CC1. The van der Waals surface area contributed by atoms with Crippen LogP contribution in [-0.2, 0) is 12.1 Å². The van der Waals surface area contributed by atoms with Gasteiger partial charge in [-0.2, -0.15) is 0 Å². The van der Waals surface area contributed by atoms with Gasteiger partial charge in [-0.05, 0) is 50.2 Å². The number of benzene rings is 2. The molecule has 0 aromatic heterocycles. The van der Waals surface area contributed by atoms with E-state index in [1.807, 2.05) is 0 Å². The van der Waals surface area contributed by atoms with Crippen LogP contribution in [0, 0.1) is 0 Å². The molecule has 1 heterocycles. The number of halogens is 1. The van der Waals surface area contributed by atoms with Gasteiger partial charge >= 0.3 is 0 Å². The quantitative estimate of drug-likeness (QED) is 0.779. The normalized spacial score (nSPS) is 18.3. The van der Waals surface area contributed by atoms with Gasteiger partial charge in [-0.1, -0.05) is 58.4 Å². The van der Waals surface area contributed by atoms with Crippen molar-refractivity contribution in [2.45, 2.75) is 24.9 Å². The van der Waals surface area contributed by atoms with Crippen molar-refractivity contribution < 1.29 is 0 Å². The van der Waals surface area contributed by atoms with Crippen LogP contribution >= 0.6 is 15.9 Å². The van der Waals surface area contributed by atoms with Crippen LogP contribution in [0.4, 0.5) is 0 Å². The molecule has 3 heteroatoms. The van der Waals surface area contributed by atoms with Crippen molar-refractivity contribution >= 4 is 15.9 Å². The van der Waals surface area contributed by atoms with Crippen molar-refractivity contribution in [3.8, 4) is 0 Å². The summed E-state index contributed by atoms with van der Waals surface area (Å²) in [6.07, 6.45) is 2.35. The average molecular weight is 373 g/mol. The summed E-state index contributed by atoms with van der Waals surface area (Å²) in [4.78, 5) is 4.99. The Morgan fingerprint density at radius 2 is 1.57 bits per heavy atom. The van der Waals surface area contributed by atoms with Gasteiger partial charge in [-0.3, -0.25) is 9.80 Å². The summed E-state index contributed by atoms with van der Waals surface area (Å²) < 4.78 is 1.15. The lowest BCUT2D eigenvalue weighted by Gasteiger charge is -2.46. The zero-order valence-corrected chi connectivity index (χ0v) is 15.6. The van der Waals surface area contributed by atoms with Crippen molar-refractivity contribution in [3.63, 3.8) is 0 Å². The maximum Gasteiger partial charge on any atom is 0.0479 e. The molecule has 1 aliphatic heterocycles. The van der Waals surface area contributed by atoms with E-state index in [1.165, 1.54) is 24.0 Å². The predicted molar refractivity (Wildman–Crippen MR) is 100 cm³/mol. The molecule has 1 saturated heterocycles. The highest BCUT2D eigenvalue weighted by atomic mass is 79.9. The van der Waals surface area contributed by atoms with Crippen molar-refractivity contribution in [2.24, 2.45) is 0 Å². The third kappa shape index (κ3) is 3.68. The van der Waals surface area contributed by atoms with E-state index >= 15 is 0 Å². The van der Waals surface area contributed by atoms with E-state index in [0.29, 0.717) is 0 Å². The Balaban J connectivity index is 1.72. The first-order valence-electron chi connectivity index (χ1n) is 8.30. The first-order valence-corrected chi connectivity index (χ1v) is 9.09. The predicted octanol–water partition coefficient (Wildman–Crippen LogP) is 4.50. The highest BCUT2D eigenvalue weighted by Gasteiger charge is 2.37. The molecular formula is C20H25BrN2. The van der Waals surface area contributed by atoms with E-state index in [2.05, 4.69) is 94.4 Å². The Bertz CT molecular complexity index is 614. The lowest BCUT2D eigenvalue weighted by molar-refractivity contribution is 0.0507. The van der Waals surface area contributed by atoms with Gasteiger partial charge in [0.1, 0.15) is 0 Å². The Morgan fingerprint density at radius 3 is 2.13 bits per heavy atom. The Hall–Kier alpha value is -1.16. The lowest BCUT2D eigenvalue weighted by atomic mass is 9.79. The maximum absolute atomic E-state index is 3.55. The standard InChI is InChI=1S/C20H25BrN2/c1-22(2)20(18-8-10-19(21)11-9-18)12-14-23(15-13-20)16-17-6-4-3-5-7-17/h3-11H,12-16H2,1-2H3. The zero-order valence-electron chi connectivity index (χ0n) is 14.0. The van der Waals surface area contributed by atoms with Crippen molar-refractivity contribution in [3.05, 3.63) is 70.2 Å². The topological polar surface area (TPSA) is 6.48 Å². The molecule has 1 fully saturated rings. The van der Waals surface area contributed by atoms with Crippen LogP contribution < -0.4 is 0 Å². The van der Waals surface area contributed by atoms with E-state index < -0.39 is 0 Å². The molecule has 0 saturated carbocycles. The van der Waals surface area contributed by atoms with Gasteiger partial charge in [0.05, 0.1) is 0 Å². The van der Waals surface area contributed by atoms with Gasteiger partial charge in [-0.25, -0.2) is 0 Å². The van der Waals surface area contributed by atoms with Crippen LogP contribution in [0.3, 0.4) is 0 Å². The number of hydrogen-bond donors (Lipinski definition) is 0. The summed E-state index contributed by atoms with van der Waals surface area (Å²) >= 11 is 3.55. The number of likely N-dealkylation sites (tertiary alicyclic amines) is 1. The number of hydrogen-bond acceptors (Lipinski definition) is 2. The lowest BCUT2D eigenvalue weighted by Crippen LogP contribution is -2.50. The Labute approximate surface area is 148 Å². The van der Waals surface area contributed by atoms with Crippen molar-refractivity contribution in [1.82, 2.24) is 9.80 Å². The molecule has 0 radical (unpaired) electrons. The number of piperidine rings is 1. The highest BCUT2D eigenvalue weighted by molar-refractivity contribution is 9.10. The first kappa shape index (κ1) is 16.7. The number of nitrogens with zero attached hydrogens (tertiary/aromatic N) is 2. The van der Waals surface area contributed by atoms with Crippen LogP contribution in [-0.4, -0.2) is 37.0 Å². The Morgan fingerprint density at radius 1 is 0.957 bits per heavy atom. The minimum Gasteiger partial charge on any atom is -0.300 e. The molecular weight excluding hydrogens is 348 g/mol. The van der Waals surface area contributed by atoms with E-state index in [0.717, 1.165) is 24.1 Å². The average Bonchev–Trinajstić information content (AvgIpc) is 2.57. The van der Waals surface area contributed by atoms with Gasteiger partial charge < -0.3 is 0 Å². The molecule has 0 N–H and O–H groups in total. The summed E-state index contributed by atoms with van der Waals surface area (Å²) in [5, 5.41) is 0. The molecule has 2 aromatic carbocycles. The van der Waals surface area contributed by atoms with Gasteiger partial charge in [0, 0.05) is 29.6 Å². The van der Waals surface area contributed by atoms with Crippen LogP contribution in [0.15, 0.2) is 59.1 Å². The van der Waals surface area contributed by atoms with Crippen LogP contribution in [0.1, 0.15) is 24.0 Å². The largest absolute Gasteiger partial charge is 0.300 e. The van der Waals surface area contributed by atoms with Crippen LogP contribution in [0.2, 0.25) is 0 Å². The molecule has 23 heavy (non-hydrogen) atoms.